The summed E-state index contributed by atoms with van der Waals surface area (Å²) in [5.41, 5.74) is 6.06. The molecule has 3 rings (SSSR count). The summed E-state index contributed by atoms with van der Waals surface area (Å²) in [5, 5.41) is 2.71. The number of hydrogen-bond donors (Lipinski definition) is 1. The minimum absolute atomic E-state index is 0.0827. The summed E-state index contributed by atoms with van der Waals surface area (Å²) in [5.74, 6) is -0.507. The summed E-state index contributed by atoms with van der Waals surface area (Å²) in [6.07, 6.45) is 5.52. The molecule has 0 saturated carbocycles. The third-order valence-electron chi connectivity index (χ3n) is 3.60. The van der Waals surface area contributed by atoms with Crippen molar-refractivity contribution in [2.45, 2.75) is 25.3 Å². The molecule has 2 N–H and O–H groups in total. The van der Waals surface area contributed by atoms with E-state index in [2.05, 4.69) is 4.98 Å². The van der Waals surface area contributed by atoms with Crippen LogP contribution in [0.15, 0.2) is 29.9 Å². The van der Waals surface area contributed by atoms with Crippen LogP contribution in [0.2, 0.25) is 0 Å². The van der Waals surface area contributed by atoms with Crippen LogP contribution in [0.1, 0.15) is 18.5 Å². The van der Waals surface area contributed by atoms with E-state index in [0.29, 0.717) is 13.0 Å². The van der Waals surface area contributed by atoms with E-state index in [1.807, 2.05) is 34.5 Å². The summed E-state index contributed by atoms with van der Waals surface area (Å²) < 4.78 is 1.90. The first-order valence-electron chi connectivity index (χ1n) is 6.81. The number of rotatable bonds is 4. The molecule has 0 spiro atoms. The molecule has 0 aromatic carbocycles. The topological polar surface area (TPSA) is 81.2 Å². The van der Waals surface area contributed by atoms with Crippen molar-refractivity contribution in [2.24, 2.45) is 5.73 Å². The lowest BCUT2D eigenvalue weighted by atomic mass is 10.2. The normalized spacial score (nSPS) is 18.1. The van der Waals surface area contributed by atoms with Crippen molar-refractivity contribution in [3.63, 3.8) is 0 Å². The average Bonchev–Trinajstić information content (AvgIpc) is 3.19. The summed E-state index contributed by atoms with van der Waals surface area (Å²) in [6.45, 7) is 0.598. The van der Waals surface area contributed by atoms with Crippen LogP contribution in [-0.2, 0) is 16.0 Å². The van der Waals surface area contributed by atoms with Gasteiger partial charge >= 0.3 is 0 Å². The van der Waals surface area contributed by atoms with Crippen molar-refractivity contribution >= 4 is 23.2 Å². The predicted molar refractivity (Wildman–Crippen MR) is 79.1 cm³/mol. The number of hydrogen-bond acceptors (Lipinski definition) is 4. The fraction of sp³-hybridized carbons (Fsp3) is 0.357. The van der Waals surface area contributed by atoms with Crippen molar-refractivity contribution in [2.75, 3.05) is 6.54 Å². The SMILES string of the molecule is NC(=O)[C@H]1CCCN1C(=O)Cc1csc(-n2cccc2)n1. The molecule has 1 saturated heterocycles. The largest absolute Gasteiger partial charge is 0.368 e. The van der Waals surface area contributed by atoms with Crippen molar-refractivity contribution < 1.29 is 9.59 Å². The fourth-order valence-electron chi connectivity index (χ4n) is 2.58. The van der Waals surface area contributed by atoms with Crippen LogP contribution in [0.5, 0.6) is 0 Å². The molecule has 0 radical (unpaired) electrons. The maximum Gasteiger partial charge on any atom is 0.240 e. The van der Waals surface area contributed by atoms with Gasteiger partial charge in [-0.2, -0.15) is 0 Å². The molecule has 2 aromatic rings. The number of nitrogens with zero attached hydrogens (tertiary/aromatic N) is 3. The highest BCUT2D eigenvalue weighted by atomic mass is 32.1. The predicted octanol–water partition coefficient (Wildman–Crippen LogP) is 0.953. The number of primary amides is 1. The summed E-state index contributed by atoms with van der Waals surface area (Å²) in [6, 6.07) is 3.39. The van der Waals surface area contributed by atoms with Crippen LogP contribution in [0.4, 0.5) is 0 Å². The first-order chi connectivity index (χ1) is 10.1. The molecule has 1 aliphatic heterocycles. The summed E-state index contributed by atoms with van der Waals surface area (Å²) in [7, 11) is 0. The van der Waals surface area contributed by atoms with E-state index in [1.54, 1.807) is 4.90 Å². The molecule has 0 bridgehead atoms. The monoisotopic (exact) mass is 304 g/mol. The van der Waals surface area contributed by atoms with Gasteiger partial charge in [0, 0.05) is 24.3 Å². The lowest BCUT2D eigenvalue weighted by Crippen LogP contribution is -2.44. The van der Waals surface area contributed by atoms with Crippen LogP contribution in [0, 0.1) is 0 Å². The standard InChI is InChI=1S/C14H16N4O2S/c15-13(20)11-4-3-7-18(11)12(19)8-10-9-21-14(16-10)17-5-1-2-6-17/h1-2,5-6,9,11H,3-4,7-8H2,(H2,15,20)/t11-/m1/s1. The van der Waals surface area contributed by atoms with E-state index in [9.17, 15) is 9.59 Å². The van der Waals surface area contributed by atoms with Gasteiger partial charge in [0.05, 0.1) is 12.1 Å². The van der Waals surface area contributed by atoms with Gasteiger partial charge < -0.3 is 15.2 Å². The smallest absolute Gasteiger partial charge is 0.240 e. The van der Waals surface area contributed by atoms with Gasteiger partial charge in [0.1, 0.15) is 6.04 Å². The molecule has 7 heteroatoms. The lowest BCUT2D eigenvalue weighted by molar-refractivity contribution is -0.136. The quantitative estimate of drug-likeness (QED) is 0.913. The molecule has 0 unspecified atom stereocenters. The molecule has 1 atom stereocenters. The summed E-state index contributed by atoms with van der Waals surface area (Å²) in [4.78, 5) is 29.7. The van der Waals surface area contributed by atoms with E-state index in [0.717, 1.165) is 17.2 Å². The zero-order valence-electron chi connectivity index (χ0n) is 11.4. The van der Waals surface area contributed by atoms with Crippen molar-refractivity contribution in [3.8, 4) is 5.13 Å². The van der Waals surface area contributed by atoms with Gasteiger partial charge in [-0.1, -0.05) is 0 Å². The van der Waals surface area contributed by atoms with Gasteiger partial charge in [0.2, 0.25) is 11.8 Å². The number of nitrogens with two attached hydrogens (primary N) is 1. The Morgan fingerprint density at radius 1 is 1.38 bits per heavy atom. The maximum absolute atomic E-state index is 12.3. The van der Waals surface area contributed by atoms with E-state index in [1.165, 1.54) is 11.3 Å². The Hall–Kier alpha value is -2.15. The second-order valence-electron chi connectivity index (χ2n) is 5.04. The van der Waals surface area contributed by atoms with E-state index in [-0.39, 0.29) is 12.3 Å². The van der Waals surface area contributed by atoms with Crippen molar-refractivity contribution in [1.29, 1.82) is 0 Å². The highest BCUT2D eigenvalue weighted by Crippen LogP contribution is 2.20. The summed E-state index contributed by atoms with van der Waals surface area (Å²) >= 11 is 1.49. The highest BCUT2D eigenvalue weighted by Gasteiger charge is 2.32. The van der Waals surface area contributed by atoms with Crippen molar-refractivity contribution in [1.82, 2.24) is 14.5 Å². The number of thiazole rings is 1. The Kier molecular flexibility index (Phi) is 3.74. The Balaban J connectivity index is 1.69. The molecule has 6 nitrogen and oxygen atoms in total. The van der Waals surface area contributed by atoms with Crippen LogP contribution < -0.4 is 5.73 Å². The van der Waals surface area contributed by atoms with Crippen LogP contribution in [0.25, 0.3) is 5.13 Å². The number of amides is 2. The molecule has 3 heterocycles. The lowest BCUT2D eigenvalue weighted by Gasteiger charge is -2.21. The van der Waals surface area contributed by atoms with Gasteiger partial charge in [-0.05, 0) is 25.0 Å². The molecule has 21 heavy (non-hydrogen) atoms. The number of aromatic nitrogens is 2. The van der Waals surface area contributed by atoms with Gasteiger partial charge in [-0.15, -0.1) is 11.3 Å². The Bertz CT molecular complexity index is 650. The maximum atomic E-state index is 12.3. The van der Waals surface area contributed by atoms with E-state index >= 15 is 0 Å². The third kappa shape index (κ3) is 2.82. The Morgan fingerprint density at radius 3 is 2.86 bits per heavy atom. The van der Waals surface area contributed by atoms with Gasteiger partial charge in [-0.25, -0.2) is 4.98 Å². The highest BCUT2D eigenvalue weighted by molar-refractivity contribution is 7.12. The number of carbonyl (C=O) groups excluding carboxylic acids is 2. The van der Waals surface area contributed by atoms with Crippen LogP contribution >= 0.6 is 11.3 Å². The molecule has 2 amide bonds. The molecule has 1 aliphatic rings. The third-order valence-corrected chi connectivity index (χ3v) is 4.50. The Morgan fingerprint density at radius 2 is 2.14 bits per heavy atom. The van der Waals surface area contributed by atoms with Gasteiger partial charge in [-0.3, -0.25) is 9.59 Å². The molecular formula is C14H16N4O2S. The van der Waals surface area contributed by atoms with Crippen LogP contribution in [-0.4, -0.2) is 38.9 Å². The van der Waals surface area contributed by atoms with Gasteiger partial charge in [0.15, 0.2) is 5.13 Å². The average molecular weight is 304 g/mol. The van der Waals surface area contributed by atoms with Gasteiger partial charge in [0.25, 0.3) is 0 Å². The molecule has 1 fully saturated rings. The molecule has 110 valence electrons. The zero-order valence-corrected chi connectivity index (χ0v) is 12.3. The molecular weight excluding hydrogens is 288 g/mol. The zero-order chi connectivity index (χ0) is 14.8. The second-order valence-corrected chi connectivity index (χ2v) is 5.87. The molecule has 0 aliphatic carbocycles. The van der Waals surface area contributed by atoms with Crippen LogP contribution in [0.3, 0.4) is 0 Å². The number of likely N-dealkylation sites (tertiary alicyclic amines) is 1. The Labute approximate surface area is 126 Å². The number of carbonyl (C=O) groups is 2. The molecule has 2 aromatic heterocycles. The minimum atomic E-state index is -0.458. The van der Waals surface area contributed by atoms with Crippen molar-refractivity contribution in [3.05, 3.63) is 35.6 Å². The second kappa shape index (κ2) is 5.69. The minimum Gasteiger partial charge on any atom is -0.368 e. The van der Waals surface area contributed by atoms with E-state index < -0.39 is 11.9 Å². The fourth-order valence-corrected chi connectivity index (χ4v) is 3.37. The first kappa shape index (κ1) is 13.8. The first-order valence-corrected chi connectivity index (χ1v) is 7.69. The van der Waals surface area contributed by atoms with E-state index in [4.69, 9.17) is 5.73 Å².